The van der Waals surface area contributed by atoms with E-state index in [0.29, 0.717) is 12.1 Å². The van der Waals surface area contributed by atoms with Crippen LogP contribution in [-0.4, -0.2) is 75.0 Å². The summed E-state index contributed by atoms with van der Waals surface area (Å²) in [6.07, 6.45) is 8.11. The van der Waals surface area contributed by atoms with Crippen LogP contribution >= 0.6 is 0 Å². The second-order valence-corrected chi connectivity index (χ2v) is 9.78. The molecule has 2 fully saturated rings. The summed E-state index contributed by atoms with van der Waals surface area (Å²) in [5.41, 5.74) is 7.27. The molecule has 4 heterocycles. The third-order valence-electron chi connectivity index (χ3n) is 7.60. The summed E-state index contributed by atoms with van der Waals surface area (Å²) in [5, 5.41) is 6.95. The Morgan fingerprint density at radius 3 is 2.91 bits per heavy atom. The van der Waals surface area contributed by atoms with E-state index in [2.05, 4.69) is 49.7 Å². The number of nitrogens with zero attached hydrogens (tertiary/aromatic N) is 3. The number of anilines is 1. The van der Waals surface area contributed by atoms with E-state index in [1.165, 1.54) is 48.2 Å². The molecule has 6 rings (SSSR count). The summed E-state index contributed by atoms with van der Waals surface area (Å²) in [5.74, 6) is 0. The average Bonchev–Trinajstić information content (AvgIpc) is 2.89. The minimum atomic E-state index is 0.535. The van der Waals surface area contributed by atoms with Gasteiger partial charge in [0.1, 0.15) is 0 Å². The van der Waals surface area contributed by atoms with E-state index in [1.807, 2.05) is 19.3 Å². The molecule has 1 aliphatic carbocycles. The van der Waals surface area contributed by atoms with Gasteiger partial charge < -0.3 is 20.3 Å². The predicted octanol–water partition coefficient (Wildman–Crippen LogP) is 2.40. The fourth-order valence-corrected chi connectivity index (χ4v) is 5.78. The highest BCUT2D eigenvalue weighted by molar-refractivity contribution is 5.58. The summed E-state index contributed by atoms with van der Waals surface area (Å²) < 4.78 is 5.70. The van der Waals surface area contributed by atoms with E-state index < -0.39 is 0 Å². The van der Waals surface area contributed by atoms with Gasteiger partial charge >= 0.3 is 0 Å². The third-order valence-corrected chi connectivity index (χ3v) is 7.60. The minimum absolute atomic E-state index is 0.535. The van der Waals surface area contributed by atoms with Crippen molar-refractivity contribution in [2.45, 2.75) is 50.7 Å². The van der Waals surface area contributed by atoms with Crippen molar-refractivity contribution in [3.8, 4) is 0 Å². The molecule has 1 aromatic heterocycles. The lowest BCUT2D eigenvalue weighted by Crippen LogP contribution is -2.58. The molecule has 0 amide bonds. The number of aromatic nitrogens is 1. The van der Waals surface area contributed by atoms with E-state index in [9.17, 15) is 0 Å². The number of benzene rings is 1. The van der Waals surface area contributed by atoms with Crippen LogP contribution in [0.2, 0.25) is 0 Å². The highest BCUT2D eigenvalue weighted by Crippen LogP contribution is 2.30. The molecular formula is C27H39N5O. The smallest absolute Gasteiger partial charge is 0.0639 e. The van der Waals surface area contributed by atoms with Crippen molar-refractivity contribution in [3.05, 3.63) is 58.9 Å². The largest absolute Gasteiger partial charge is 0.378 e. The quantitative estimate of drug-likeness (QED) is 0.751. The van der Waals surface area contributed by atoms with E-state index in [0.717, 1.165) is 58.9 Å². The molecule has 2 saturated heterocycles. The molecule has 1 aromatic carbocycles. The average molecular weight is 450 g/mol. The number of hydrogen-bond acceptors (Lipinski definition) is 6. The molecule has 178 valence electrons. The van der Waals surface area contributed by atoms with Gasteiger partial charge in [-0.15, -0.1) is 0 Å². The number of piperazine rings is 1. The number of likely N-dealkylation sites (N-methyl/N-ethyl adjacent to an activating group) is 1. The van der Waals surface area contributed by atoms with Gasteiger partial charge in [0.15, 0.2) is 0 Å². The Kier molecular flexibility index (Phi) is 7.57. The molecule has 0 radical (unpaired) electrons. The Morgan fingerprint density at radius 1 is 1.09 bits per heavy atom. The lowest BCUT2D eigenvalue weighted by molar-refractivity contribution is -0.0117. The van der Waals surface area contributed by atoms with Crippen LogP contribution in [0.15, 0.2) is 36.5 Å². The Labute approximate surface area is 198 Å². The molecule has 4 aliphatic rings. The van der Waals surface area contributed by atoms with Gasteiger partial charge in [0, 0.05) is 62.9 Å². The summed E-state index contributed by atoms with van der Waals surface area (Å²) in [7, 11) is 2.03. The van der Waals surface area contributed by atoms with Crippen LogP contribution in [0.5, 0.6) is 0 Å². The highest BCUT2D eigenvalue weighted by atomic mass is 16.5. The number of aryl methyl sites for hydroxylation is 2. The van der Waals surface area contributed by atoms with Gasteiger partial charge in [-0.1, -0.05) is 18.2 Å². The number of hydrogen-bond donors (Lipinski definition) is 2. The maximum Gasteiger partial charge on any atom is 0.0639 e. The van der Waals surface area contributed by atoms with E-state index in [4.69, 9.17) is 4.74 Å². The van der Waals surface area contributed by atoms with Crippen molar-refractivity contribution in [2.75, 3.05) is 57.9 Å². The van der Waals surface area contributed by atoms with E-state index >= 15 is 0 Å². The van der Waals surface area contributed by atoms with Crippen LogP contribution < -0.4 is 15.5 Å². The van der Waals surface area contributed by atoms with Crippen molar-refractivity contribution in [2.24, 2.45) is 0 Å². The molecule has 2 unspecified atom stereocenters. The first-order valence-corrected chi connectivity index (χ1v) is 12.8. The first-order chi connectivity index (χ1) is 16.3. The minimum Gasteiger partial charge on any atom is -0.378 e. The Bertz CT molecular complexity index is 894. The monoisotopic (exact) mass is 449 g/mol. The van der Waals surface area contributed by atoms with Crippen LogP contribution in [0.1, 0.15) is 35.2 Å². The molecular weight excluding hydrogens is 410 g/mol. The van der Waals surface area contributed by atoms with Crippen LogP contribution in [0.4, 0.5) is 5.69 Å². The van der Waals surface area contributed by atoms with E-state index in [-0.39, 0.29) is 0 Å². The molecule has 0 saturated carbocycles. The summed E-state index contributed by atoms with van der Waals surface area (Å²) in [6, 6.07) is 12.1. The zero-order valence-corrected chi connectivity index (χ0v) is 20.1. The molecule has 0 spiro atoms. The highest BCUT2D eigenvalue weighted by Gasteiger charge is 2.31. The maximum absolute atomic E-state index is 5.70. The molecule has 3 aliphatic heterocycles. The number of fused-ring (bicyclic) bond motifs is 3. The van der Waals surface area contributed by atoms with Crippen LogP contribution in [0, 0.1) is 0 Å². The van der Waals surface area contributed by atoms with Crippen molar-refractivity contribution in [1.82, 2.24) is 20.5 Å². The molecule has 0 bridgehead atoms. The second kappa shape index (κ2) is 11.0. The zero-order valence-electron chi connectivity index (χ0n) is 20.1. The second-order valence-electron chi connectivity index (χ2n) is 9.78. The van der Waals surface area contributed by atoms with Crippen molar-refractivity contribution < 1.29 is 4.74 Å². The Morgan fingerprint density at radius 2 is 2.00 bits per heavy atom. The van der Waals surface area contributed by atoms with Crippen molar-refractivity contribution in [3.63, 3.8) is 0 Å². The fraction of sp³-hybridized carbons (Fsp3) is 0.593. The Balaban J connectivity index is 0.000000190. The lowest BCUT2D eigenvalue weighted by atomic mass is 9.93. The van der Waals surface area contributed by atoms with Crippen LogP contribution in [0.25, 0.3) is 0 Å². The zero-order chi connectivity index (χ0) is 22.5. The summed E-state index contributed by atoms with van der Waals surface area (Å²) in [6.45, 7) is 8.29. The van der Waals surface area contributed by atoms with Crippen LogP contribution in [-0.2, 0) is 30.5 Å². The summed E-state index contributed by atoms with van der Waals surface area (Å²) >= 11 is 0. The summed E-state index contributed by atoms with van der Waals surface area (Å²) in [4.78, 5) is 9.51. The van der Waals surface area contributed by atoms with Crippen molar-refractivity contribution in [1.29, 1.82) is 0 Å². The molecule has 2 atom stereocenters. The van der Waals surface area contributed by atoms with Gasteiger partial charge in [-0.2, -0.15) is 0 Å². The fourth-order valence-electron chi connectivity index (χ4n) is 5.78. The molecule has 33 heavy (non-hydrogen) atoms. The standard InChI is InChI=1S/C18H28N4O.C9H11N/c1-19-11-15-9-17-14(10-20-15)3-2-4-18(17)22-6-5-21-7-8-23-13-16(21)12-22;1-2-6-9-8(4-1)5-3-7-10-9/h2-4,15-16,19-20H,5-13H2,1H3;3,5,7H,1-2,4,6H2. The van der Waals surface area contributed by atoms with Gasteiger partial charge in [0.05, 0.1) is 19.3 Å². The number of pyridine rings is 1. The third kappa shape index (κ3) is 5.40. The van der Waals surface area contributed by atoms with Gasteiger partial charge in [-0.3, -0.25) is 9.88 Å². The number of rotatable bonds is 3. The SMILES string of the molecule is CNCC1Cc2c(cccc2N2CCN3CCOCC3C2)CN1.c1cnc2c(c1)CCCC2. The van der Waals surface area contributed by atoms with Crippen molar-refractivity contribution >= 4 is 5.69 Å². The first kappa shape index (κ1) is 22.8. The van der Waals surface area contributed by atoms with Gasteiger partial charge in [-0.05, 0) is 68.0 Å². The molecule has 6 heteroatoms. The molecule has 2 N–H and O–H groups in total. The Hall–Kier alpha value is -1.99. The molecule has 6 nitrogen and oxygen atoms in total. The van der Waals surface area contributed by atoms with E-state index in [1.54, 1.807) is 5.56 Å². The predicted molar refractivity (Wildman–Crippen MR) is 134 cm³/mol. The molecule has 2 aromatic rings. The normalized spacial score (nSPS) is 24.7. The number of ether oxygens (including phenoxy) is 1. The first-order valence-electron chi connectivity index (χ1n) is 12.8. The van der Waals surface area contributed by atoms with Crippen LogP contribution in [0.3, 0.4) is 0 Å². The topological polar surface area (TPSA) is 52.7 Å². The maximum atomic E-state index is 5.70. The number of morpholine rings is 1. The van der Waals surface area contributed by atoms with Gasteiger partial charge in [0.2, 0.25) is 0 Å². The van der Waals surface area contributed by atoms with Gasteiger partial charge in [0.25, 0.3) is 0 Å². The lowest BCUT2D eigenvalue weighted by Gasteiger charge is -2.45. The van der Waals surface area contributed by atoms with Gasteiger partial charge in [-0.25, -0.2) is 0 Å². The number of nitrogens with one attached hydrogen (secondary N) is 2.